The van der Waals surface area contributed by atoms with E-state index in [-0.39, 0.29) is 18.3 Å². The van der Waals surface area contributed by atoms with E-state index in [2.05, 4.69) is 39.0 Å². The van der Waals surface area contributed by atoms with E-state index in [1.807, 2.05) is 6.07 Å². The smallest absolute Gasteiger partial charge is 0.0728 e. The molecule has 3 nitrogen and oxygen atoms in total. The van der Waals surface area contributed by atoms with Gasteiger partial charge in [0.25, 0.3) is 0 Å². The highest BCUT2D eigenvalue weighted by Crippen LogP contribution is 2.44. The largest absolute Gasteiger partial charge is 0.389 e. The van der Waals surface area contributed by atoms with Gasteiger partial charge >= 0.3 is 0 Å². The van der Waals surface area contributed by atoms with Gasteiger partial charge in [0.1, 0.15) is 0 Å². The molecule has 1 unspecified atom stereocenters. The summed E-state index contributed by atoms with van der Waals surface area (Å²) in [5.41, 5.74) is 0.729. The summed E-state index contributed by atoms with van der Waals surface area (Å²) in [6.45, 7) is 4.49. The van der Waals surface area contributed by atoms with E-state index in [0.29, 0.717) is 0 Å². The van der Waals surface area contributed by atoms with Crippen molar-refractivity contribution < 1.29 is 9.84 Å². The first kappa shape index (κ1) is 17.2. The molecule has 1 aliphatic heterocycles. The fraction of sp³-hybridized carbons (Fsp3) is 0.625. The maximum Gasteiger partial charge on any atom is 0.0728 e. The van der Waals surface area contributed by atoms with Crippen LogP contribution in [0.15, 0.2) is 28.7 Å². The second kappa shape index (κ2) is 7.42. The van der Waals surface area contributed by atoms with Crippen molar-refractivity contribution in [3.05, 3.63) is 34.3 Å². The van der Waals surface area contributed by atoms with E-state index in [4.69, 9.17) is 4.74 Å². The minimum Gasteiger partial charge on any atom is -0.389 e. The van der Waals surface area contributed by atoms with Gasteiger partial charge in [-0.2, -0.15) is 0 Å². The first-order chi connectivity index (χ1) is 9.67. The first-order valence-corrected chi connectivity index (χ1v) is 8.25. The van der Waals surface area contributed by atoms with Crippen molar-refractivity contribution >= 4 is 28.3 Å². The summed E-state index contributed by atoms with van der Waals surface area (Å²) in [4.78, 5) is 2.42. The summed E-state index contributed by atoms with van der Waals surface area (Å²) < 4.78 is 6.51. The third-order valence-corrected chi connectivity index (χ3v) is 5.16. The lowest BCUT2D eigenvalue weighted by molar-refractivity contribution is -0.0708. The molecule has 0 amide bonds. The minimum atomic E-state index is -0.515. The third-order valence-electron chi connectivity index (χ3n) is 4.66. The Hall–Kier alpha value is -0.130. The minimum absolute atomic E-state index is 0. The monoisotopic (exact) mass is 375 g/mol. The van der Waals surface area contributed by atoms with Crippen molar-refractivity contribution in [2.75, 3.05) is 32.8 Å². The Morgan fingerprint density at radius 3 is 2.57 bits per heavy atom. The van der Waals surface area contributed by atoms with Gasteiger partial charge in [-0.15, -0.1) is 12.4 Å². The highest BCUT2D eigenvalue weighted by atomic mass is 79.9. The number of hydrogen-bond donors (Lipinski definition) is 1. The summed E-state index contributed by atoms with van der Waals surface area (Å²) in [6.07, 6.45) is 2.99. The Morgan fingerprint density at radius 2 is 2.00 bits per heavy atom. The zero-order chi connectivity index (χ0) is 14.0. The predicted molar refractivity (Wildman–Crippen MR) is 90.2 cm³/mol. The van der Waals surface area contributed by atoms with Crippen LogP contribution in [0.3, 0.4) is 0 Å². The van der Waals surface area contributed by atoms with Crippen LogP contribution in [0.4, 0.5) is 0 Å². The topological polar surface area (TPSA) is 32.7 Å². The average Bonchev–Trinajstić information content (AvgIpc) is 2.43. The van der Waals surface area contributed by atoms with Crippen molar-refractivity contribution in [3.63, 3.8) is 0 Å². The number of rotatable bonds is 4. The zero-order valence-corrected chi connectivity index (χ0v) is 14.5. The fourth-order valence-corrected chi connectivity index (χ4v) is 3.66. The predicted octanol–water partition coefficient (Wildman–Crippen LogP) is 3.20. The molecule has 3 rings (SSSR count). The normalized spacial score (nSPS) is 23.0. The van der Waals surface area contributed by atoms with Crippen molar-refractivity contribution in [3.8, 4) is 0 Å². The number of hydrogen-bond acceptors (Lipinski definition) is 3. The Balaban J connectivity index is 0.00000161. The molecule has 118 valence electrons. The molecule has 0 spiro atoms. The van der Waals surface area contributed by atoms with Gasteiger partial charge < -0.3 is 9.84 Å². The van der Waals surface area contributed by atoms with Gasteiger partial charge in [-0.25, -0.2) is 0 Å². The Morgan fingerprint density at radius 1 is 1.29 bits per heavy atom. The molecule has 0 bridgehead atoms. The zero-order valence-electron chi connectivity index (χ0n) is 12.1. The van der Waals surface area contributed by atoms with Crippen molar-refractivity contribution in [2.24, 2.45) is 0 Å². The van der Waals surface area contributed by atoms with Crippen LogP contribution in [0.1, 0.15) is 30.7 Å². The van der Waals surface area contributed by atoms with E-state index in [9.17, 15) is 5.11 Å². The van der Waals surface area contributed by atoms with Crippen LogP contribution in [-0.2, 0) is 4.74 Å². The maximum atomic E-state index is 10.9. The Labute approximate surface area is 141 Å². The van der Waals surface area contributed by atoms with Crippen LogP contribution in [0, 0.1) is 0 Å². The van der Waals surface area contributed by atoms with Crippen LogP contribution in [0.25, 0.3) is 0 Å². The average molecular weight is 377 g/mol. The molecule has 1 aromatic carbocycles. The van der Waals surface area contributed by atoms with E-state index < -0.39 is 5.60 Å². The van der Waals surface area contributed by atoms with E-state index in [0.717, 1.165) is 56.6 Å². The molecule has 1 N–H and O–H groups in total. The second-order valence-corrected chi connectivity index (χ2v) is 6.89. The number of halogens is 2. The highest BCUT2D eigenvalue weighted by Gasteiger charge is 2.43. The number of ether oxygens (including phenoxy) is 1. The molecule has 2 aliphatic rings. The number of benzene rings is 1. The summed E-state index contributed by atoms with van der Waals surface area (Å²) in [5, 5.41) is 10.9. The molecule has 1 aliphatic carbocycles. The molecular formula is C16H23BrClNO2. The maximum absolute atomic E-state index is 10.9. The lowest BCUT2D eigenvalue weighted by Gasteiger charge is -2.45. The fourth-order valence-electron chi connectivity index (χ4n) is 3.24. The van der Waals surface area contributed by atoms with Crippen LogP contribution in [0.5, 0.6) is 0 Å². The van der Waals surface area contributed by atoms with Crippen LogP contribution in [-0.4, -0.2) is 48.5 Å². The Kier molecular flexibility index (Phi) is 6.09. The molecule has 1 atom stereocenters. The molecule has 0 aromatic heterocycles. The lowest BCUT2D eigenvalue weighted by atomic mass is 9.68. The van der Waals surface area contributed by atoms with Crippen molar-refractivity contribution in [2.45, 2.75) is 30.8 Å². The first-order valence-electron chi connectivity index (χ1n) is 7.45. The summed E-state index contributed by atoms with van der Waals surface area (Å²) in [5.74, 6) is 0.201. The van der Waals surface area contributed by atoms with Gasteiger partial charge in [0.05, 0.1) is 18.8 Å². The molecule has 1 heterocycles. The highest BCUT2D eigenvalue weighted by molar-refractivity contribution is 9.10. The van der Waals surface area contributed by atoms with E-state index in [1.54, 1.807) is 0 Å². The van der Waals surface area contributed by atoms with Crippen LogP contribution < -0.4 is 0 Å². The molecular weight excluding hydrogens is 354 g/mol. The van der Waals surface area contributed by atoms with E-state index in [1.165, 1.54) is 5.56 Å². The standard InChI is InChI=1S/C16H22BrNO2.ClH/c17-14-4-1-3-13(11-14)15(16(19)5-2-6-16)12-18-7-9-20-10-8-18;/h1,3-4,11,15,19H,2,5-10,12H2;1H. The number of morpholine rings is 1. The van der Waals surface area contributed by atoms with Gasteiger partial charge in [0.2, 0.25) is 0 Å². The van der Waals surface area contributed by atoms with Gasteiger partial charge in [-0.1, -0.05) is 28.1 Å². The van der Waals surface area contributed by atoms with Gasteiger partial charge in [-0.3, -0.25) is 4.90 Å². The van der Waals surface area contributed by atoms with Crippen molar-refractivity contribution in [1.82, 2.24) is 4.90 Å². The summed E-state index contributed by atoms with van der Waals surface area (Å²) >= 11 is 3.55. The lowest BCUT2D eigenvalue weighted by Crippen LogP contribution is -2.49. The van der Waals surface area contributed by atoms with Crippen molar-refractivity contribution in [1.29, 1.82) is 0 Å². The molecule has 21 heavy (non-hydrogen) atoms. The SMILES string of the molecule is Cl.OC1(C(CN2CCOCC2)c2cccc(Br)c2)CCC1. The molecule has 1 saturated heterocycles. The number of nitrogens with zero attached hydrogens (tertiary/aromatic N) is 1. The van der Waals surface area contributed by atoms with E-state index >= 15 is 0 Å². The van der Waals surface area contributed by atoms with Crippen LogP contribution >= 0.6 is 28.3 Å². The number of aliphatic hydroxyl groups is 1. The van der Waals surface area contributed by atoms with Gasteiger partial charge in [0.15, 0.2) is 0 Å². The molecule has 1 aromatic rings. The van der Waals surface area contributed by atoms with Gasteiger partial charge in [-0.05, 0) is 37.0 Å². The summed E-state index contributed by atoms with van der Waals surface area (Å²) in [6, 6.07) is 8.40. The summed E-state index contributed by atoms with van der Waals surface area (Å²) in [7, 11) is 0. The van der Waals surface area contributed by atoms with Crippen LogP contribution in [0.2, 0.25) is 0 Å². The molecule has 1 saturated carbocycles. The quantitative estimate of drug-likeness (QED) is 0.876. The second-order valence-electron chi connectivity index (χ2n) is 5.98. The molecule has 2 fully saturated rings. The molecule has 5 heteroatoms. The van der Waals surface area contributed by atoms with Gasteiger partial charge in [0, 0.05) is 30.0 Å². The Bertz CT molecular complexity index is 461. The molecule has 0 radical (unpaired) electrons. The third kappa shape index (κ3) is 3.99.